The van der Waals surface area contributed by atoms with Gasteiger partial charge in [0, 0.05) is 94.7 Å². The number of hydrogen-bond donors (Lipinski definition) is 4. The molecule has 3 aliphatic rings. The van der Waals surface area contributed by atoms with E-state index in [0.29, 0.717) is 57.7 Å². The van der Waals surface area contributed by atoms with E-state index in [1.165, 1.54) is 31.8 Å². The van der Waals surface area contributed by atoms with E-state index in [1.54, 1.807) is 38.6 Å². The van der Waals surface area contributed by atoms with E-state index >= 15 is 0 Å². The molecule has 2 aromatic heterocycles. The summed E-state index contributed by atoms with van der Waals surface area (Å²) in [4.78, 5) is 30.1. The van der Waals surface area contributed by atoms with Crippen molar-refractivity contribution < 1.29 is 77.4 Å². The molecule has 6 rings (SSSR count). The van der Waals surface area contributed by atoms with Crippen molar-refractivity contribution in [1.82, 2.24) is 29.5 Å². The number of rotatable bonds is 24. The van der Waals surface area contributed by atoms with Crippen molar-refractivity contribution in [2.45, 2.75) is 186 Å². The van der Waals surface area contributed by atoms with E-state index in [9.17, 15) is 30.0 Å². The fourth-order valence-electron chi connectivity index (χ4n) is 10.8. The van der Waals surface area contributed by atoms with Crippen molar-refractivity contribution in [3.8, 4) is 17.0 Å². The lowest BCUT2D eigenvalue weighted by Crippen LogP contribution is -2.64. The Balaban J connectivity index is 1.17. The van der Waals surface area contributed by atoms with Gasteiger partial charge in [-0.1, -0.05) is 48.2 Å². The van der Waals surface area contributed by atoms with Crippen LogP contribution in [-0.4, -0.2) is 202 Å². The summed E-state index contributed by atoms with van der Waals surface area (Å²) in [5.74, 6) is -2.61. The second-order valence-corrected chi connectivity index (χ2v) is 21.9. The smallest absolute Gasteiger partial charge is 0.308 e. The number of methoxy groups -OCH3 is 2. The Hall–Kier alpha value is -4.18. The number of aryl methyl sites for hydroxylation is 1. The molecule has 1 aromatic carbocycles. The number of benzene rings is 1. The summed E-state index contributed by atoms with van der Waals surface area (Å²) >= 11 is 1.30. The van der Waals surface area contributed by atoms with Gasteiger partial charge in [-0.3, -0.25) is 19.2 Å². The average molecular weight is 1150 g/mol. The van der Waals surface area contributed by atoms with Crippen LogP contribution in [-0.2, 0) is 65.2 Å². The molecule has 0 aliphatic carbocycles. The molecule has 80 heavy (non-hydrogen) atoms. The SMILES string of the molecule is CCOC(C[C@H]1C[C@@H](C)C(=O)C=CC(C)=C[C@H](COC2OC(C)C(O)C(OC)C2OC)[C@@H](CC)OC(=O)C[C@@H](O)[C@H](C)[C@H]1OC1OC(C)C(O)C(N(C)CCc2cn(CCCOc3ccc(-c4csnn4)cc3)nn2)C1O)OCC. The molecule has 2 saturated heterocycles. The molecule has 3 aliphatic heterocycles. The minimum atomic E-state index is -1.40. The number of nitrogens with zero attached hydrogens (tertiary/aromatic N) is 6. The number of allylic oxidation sites excluding steroid dienone is 3. The fraction of sp³-hybridized carbons (Fsp3) is 0.719. The number of likely N-dealkylation sites (N-methyl/N-ethyl adjacent to an activating group) is 1. The van der Waals surface area contributed by atoms with Gasteiger partial charge >= 0.3 is 5.97 Å². The number of aliphatic hydroxyl groups excluding tert-OH is 4. The number of ether oxygens (including phenoxy) is 10. The third kappa shape index (κ3) is 17.9. The van der Waals surface area contributed by atoms with Crippen molar-refractivity contribution >= 4 is 23.3 Å². The molecule has 17 atom stereocenters. The molecule has 5 heterocycles. The van der Waals surface area contributed by atoms with Crippen molar-refractivity contribution in [3.05, 3.63) is 65.3 Å². The van der Waals surface area contributed by atoms with Crippen molar-refractivity contribution in [2.75, 3.05) is 54.2 Å². The van der Waals surface area contributed by atoms with Crippen LogP contribution in [0.25, 0.3) is 11.3 Å². The zero-order chi connectivity index (χ0) is 58.0. The molecule has 4 N–H and O–H groups in total. The lowest BCUT2D eigenvalue weighted by molar-refractivity contribution is -0.307. The molecule has 23 heteroatoms. The highest BCUT2D eigenvalue weighted by atomic mass is 32.1. The van der Waals surface area contributed by atoms with Gasteiger partial charge in [0.15, 0.2) is 24.7 Å². The van der Waals surface area contributed by atoms with Gasteiger partial charge < -0.3 is 67.8 Å². The van der Waals surface area contributed by atoms with Crippen molar-refractivity contribution in [3.63, 3.8) is 0 Å². The standard InChI is InChI=1S/C57H88N6O16S/c1-12-46-40(31-75-57-55(71-11)54(70-10)51(68)37(8)77-57)26-33(4)16-21-44(64)34(5)27-39(28-48(72-13-2)73-14-3)53(35(6)45(65)29-47(66)78-46)79-56-52(69)49(50(67)36(7)76-56)62(9)24-22-41-30-63(60-58-41)23-15-25-74-42-19-17-38(18-20-42)43-32-80-61-59-43/h16-21,26,30,32,34-37,39-40,45-46,48-57,65,67-69H,12-15,22-25,27-29,31H2,1-11H3/t34-,35+,36?,37?,39-,40-,45-,46-,49?,50?,51?,52?,53-,54?,55?,56?,57?/m1/s1. The average Bonchev–Trinajstić information content (AvgIpc) is 4.16. The van der Waals surface area contributed by atoms with E-state index < -0.39 is 122 Å². The Kier molecular flexibility index (Phi) is 26.0. The van der Waals surface area contributed by atoms with Crippen LogP contribution >= 0.6 is 11.5 Å². The van der Waals surface area contributed by atoms with E-state index in [0.717, 1.165) is 22.7 Å². The number of hydrogen-bond acceptors (Lipinski definition) is 22. The van der Waals surface area contributed by atoms with Gasteiger partial charge in [-0.05, 0) is 102 Å². The minimum Gasteiger partial charge on any atom is -0.494 e. The van der Waals surface area contributed by atoms with Gasteiger partial charge in [-0.2, -0.15) is 0 Å². The summed E-state index contributed by atoms with van der Waals surface area (Å²) in [6, 6.07) is 6.85. The molecule has 22 nitrogen and oxygen atoms in total. The first-order chi connectivity index (χ1) is 38.4. The number of esters is 1. The Labute approximate surface area is 475 Å². The first kappa shape index (κ1) is 65.0. The number of carbonyl (C=O) groups excluding carboxylic acids is 2. The molecule has 0 radical (unpaired) electrons. The third-order valence-electron chi connectivity index (χ3n) is 15.4. The zero-order valence-electron chi connectivity index (χ0n) is 48.4. The van der Waals surface area contributed by atoms with Crippen LogP contribution in [0.1, 0.15) is 93.2 Å². The summed E-state index contributed by atoms with van der Waals surface area (Å²) in [6.07, 6.45) is -3.94. The topological polar surface area (TPSA) is 267 Å². The molecular weight excluding hydrogens is 1060 g/mol. The van der Waals surface area contributed by atoms with Gasteiger partial charge in [-0.15, -0.1) is 10.2 Å². The van der Waals surface area contributed by atoms with Crippen LogP contribution in [0, 0.1) is 23.7 Å². The summed E-state index contributed by atoms with van der Waals surface area (Å²) in [5, 5.41) is 61.5. The van der Waals surface area contributed by atoms with Crippen LogP contribution in [0.5, 0.6) is 5.75 Å². The lowest BCUT2D eigenvalue weighted by Gasteiger charge is -2.47. The molecule has 0 bridgehead atoms. The van der Waals surface area contributed by atoms with Crippen molar-refractivity contribution in [2.24, 2.45) is 23.7 Å². The van der Waals surface area contributed by atoms with Crippen LogP contribution < -0.4 is 4.74 Å². The van der Waals surface area contributed by atoms with E-state index in [-0.39, 0.29) is 25.2 Å². The number of cyclic esters (lactones) is 1. The predicted octanol–water partition coefficient (Wildman–Crippen LogP) is 4.95. The highest BCUT2D eigenvalue weighted by molar-refractivity contribution is 7.03. The molecule has 3 aromatic rings. The van der Waals surface area contributed by atoms with Gasteiger partial charge in [0.25, 0.3) is 0 Å². The zero-order valence-corrected chi connectivity index (χ0v) is 49.2. The molecule has 0 spiro atoms. The largest absolute Gasteiger partial charge is 0.494 e. The van der Waals surface area contributed by atoms with Crippen LogP contribution in [0.4, 0.5) is 0 Å². The van der Waals surface area contributed by atoms with Gasteiger partial charge in [0.05, 0.1) is 61.9 Å². The minimum absolute atomic E-state index is 0.000993. The number of aliphatic hydroxyl groups is 4. The molecule has 2 fully saturated rings. The fourth-order valence-corrected chi connectivity index (χ4v) is 11.2. The molecule has 448 valence electrons. The maximum Gasteiger partial charge on any atom is 0.308 e. The van der Waals surface area contributed by atoms with Crippen LogP contribution in [0.2, 0.25) is 0 Å². The quantitative estimate of drug-likeness (QED) is 0.0525. The highest BCUT2D eigenvalue weighted by Gasteiger charge is 2.49. The Morgan fingerprint density at radius 2 is 1.57 bits per heavy atom. The Morgan fingerprint density at radius 3 is 2.24 bits per heavy atom. The number of aromatic nitrogens is 5. The van der Waals surface area contributed by atoms with E-state index in [4.69, 9.17) is 47.4 Å². The van der Waals surface area contributed by atoms with Crippen LogP contribution in [0.15, 0.2) is 59.6 Å². The van der Waals surface area contributed by atoms with Gasteiger partial charge in [0.1, 0.15) is 42.0 Å². The normalized spacial score (nSPS) is 32.3. The maximum absolute atomic E-state index is 14.2. The van der Waals surface area contributed by atoms with Gasteiger partial charge in [-0.25, -0.2) is 0 Å². The van der Waals surface area contributed by atoms with Crippen LogP contribution in [0.3, 0.4) is 0 Å². The summed E-state index contributed by atoms with van der Waals surface area (Å²) in [6.45, 7) is 16.5. The number of ketones is 1. The predicted molar refractivity (Wildman–Crippen MR) is 295 cm³/mol. The van der Waals surface area contributed by atoms with E-state index in [1.807, 2.05) is 81.4 Å². The first-order valence-corrected chi connectivity index (χ1v) is 29.0. The van der Waals surface area contributed by atoms with E-state index in [2.05, 4.69) is 19.9 Å². The molecular formula is C57H88N6O16S. The highest BCUT2D eigenvalue weighted by Crippen LogP contribution is 2.37. The second kappa shape index (κ2) is 32.0. The third-order valence-corrected chi connectivity index (χ3v) is 15.9. The van der Waals surface area contributed by atoms with Gasteiger partial charge in [0.2, 0.25) is 0 Å². The molecule has 0 amide bonds. The Bertz CT molecular complexity index is 2360. The first-order valence-electron chi connectivity index (χ1n) is 28.2. The van der Waals surface area contributed by atoms with Crippen molar-refractivity contribution in [1.29, 1.82) is 0 Å². The monoisotopic (exact) mass is 1140 g/mol. The lowest BCUT2D eigenvalue weighted by atomic mass is 9.79. The second-order valence-electron chi connectivity index (χ2n) is 21.3. The summed E-state index contributed by atoms with van der Waals surface area (Å²) in [5.41, 5.74) is 3.22. The molecule has 0 saturated carbocycles. The number of carbonyl (C=O) groups is 2. The maximum atomic E-state index is 14.2. The summed E-state index contributed by atoms with van der Waals surface area (Å²) in [7, 11) is 4.76. The Morgan fingerprint density at radius 1 is 0.875 bits per heavy atom. The summed E-state index contributed by atoms with van der Waals surface area (Å²) < 4.78 is 66.8. The molecule has 10 unspecified atom stereocenters.